The van der Waals surface area contributed by atoms with E-state index in [-0.39, 0.29) is 5.91 Å². The van der Waals surface area contributed by atoms with Gasteiger partial charge in [-0.3, -0.25) is 4.79 Å². The molecular weight excluding hydrogens is 515 g/mol. The van der Waals surface area contributed by atoms with E-state index >= 15 is 0 Å². The molecule has 0 unspecified atom stereocenters. The molecule has 1 fully saturated rings. The number of nitrogens with one attached hydrogen (secondary N) is 1. The highest BCUT2D eigenvalue weighted by Gasteiger charge is 2.24. The number of hydrogen-bond donors (Lipinski definition) is 1. The van der Waals surface area contributed by atoms with Gasteiger partial charge >= 0.3 is 0 Å². The zero-order valence-corrected chi connectivity index (χ0v) is 19.6. The van der Waals surface area contributed by atoms with Crippen molar-refractivity contribution in [1.29, 1.82) is 0 Å². The summed E-state index contributed by atoms with van der Waals surface area (Å²) in [6.07, 6.45) is 3.50. The monoisotopic (exact) mass is 536 g/mol. The number of thioether (sulfide) groups is 1. The van der Waals surface area contributed by atoms with Crippen LogP contribution >= 0.6 is 34.4 Å². The molecule has 1 saturated heterocycles. The second kappa shape index (κ2) is 10.5. The minimum atomic E-state index is -0.188. The molecule has 0 bridgehead atoms. The maximum Gasteiger partial charge on any atom is 0.264 e. The molecule has 2 aromatic carbocycles. The lowest BCUT2D eigenvalue weighted by Gasteiger charge is -2.13. The van der Waals surface area contributed by atoms with Crippen LogP contribution in [0.5, 0.6) is 17.2 Å². The Morgan fingerprint density at radius 3 is 2.67 bits per heavy atom. The fraction of sp³-hybridized carbons (Fsp3) is 0.182. The van der Waals surface area contributed by atoms with E-state index in [4.69, 9.17) is 14.2 Å². The Kier molecular flexibility index (Phi) is 7.81. The summed E-state index contributed by atoms with van der Waals surface area (Å²) >= 11 is 3.49. The largest absolute Gasteiger partial charge is 0.497 e. The number of halogens is 1. The van der Waals surface area contributed by atoms with Gasteiger partial charge in [0.2, 0.25) is 0 Å². The Bertz CT molecular complexity index is 1000. The molecule has 0 aliphatic carbocycles. The molecule has 2 aromatic rings. The zero-order valence-electron chi connectivity index (χ0n) is 16.6. The van der Waals surface area contributed by atoms with Crippen LogP contribution in [-0.4, -0.2) is 31.4 Å². The molecular formula is C22H21IN2O4S. The number of ether oxygens (including phenoxy) is 3. The van der Waals surface area contributed by atoms with Gasteiger partial charge in [-0.15, -0.1) is 0 Å². The smallest absolute Gasteiger partial charge is 0.264 e. The Hall–Kier alpha value is -2.46. The van der Waals surface area contributed by atoms with Gasteiger partial charge in [-0.25, -0.2) is 4.99 Å². The van der Waals surface area contributed by atoms with Crippen molar-refractivity contribution in [3.63, 3.8) is 0 Å². The van der Waals surface area contributed by atoms with E-state index < -0.39 is 0 Å². The van der Waals surface area contributed by atoms with Crippen molar-refractivity contribution in [3.8, 4) is 17.2 Å². The van der Waals surface area contributed by atoms with E-state index in [1.165, 1.54) is 11.8 Å². The van der Waals surface area contributed by atoms with Gasteiger partial charge in [-0.05, 0) is 89.3 Å². The first-order valence-electron chi connectivity index (χ1n) is 9.17. The number of nitrogens with zero attached hydrogens (tertiary/aromatic N) is 1. The SMILES string of the molecule is C=CCOc1c(I)cc(/C=C2/SC(=Nc3ccc(OC)cc3)NC2=O)cc1OCC. The molecule has 3 rings (SSSR count). The summed E-state index contributed by atoms with van der Waals surface area (Å²) in [5, 5.41) is 3.33. The first kappa shape index (κ1) is 22.2. The lowest BCUT2D eigenvalue weighted by molar-refractivity contribution is -0.115. The van der Waals surface area contributed by atoms with E-state index in [0.29, 0.717) is 34.8 Å². The third-order valence-corrected chi connectivity index (χ3v) is 5.64. The van der Waals surface area contributed by atoms with Crippen molar-refractivity contribution >= 4 is 57.2 Å². The lowest BCUT2D eigenvalue weighted by Crippen LogP contribution is -2.19. The quantitative estimate of drug-likeness (QED) is 0.287. The number of hydrogen-bond acceptors (Lipinski definition) is 6. The summed E-state index contributed by atoms with van der Waals surface area (Å²) in [7, 11) is 1.61. The van der Waals surface area contributed by atoms with Crippen molar-refractivity contribution in [2.45, 2.75) is 6.92 Å². The van der Waals surface area contributed by atoms with Crippen LogP contribution in [0.1, 0.15) is 12.5 Å². The van der Waals surface area contributed by atoms with Gasteiger partial charge in [0.25, 0.3) is 5.91 Å². The molecule has 0 spiro atoms. The average Bonchev–Trinajstić information content (AvgIpc) is 3.07. The fourth-order valence-corrected chi connectivity index (χ4v) is 4.25. The van der Waals surface area contributed by atoms with Crippen molar-refractivity contribution in [3.05, 3.63) is 63.1 Å². The summed E-state index contributed by atoms with van der Waals surface area (Å²) in [5.41, 5.74) is 1.58. The summed E-state index contributed by atoms with van der Waals surface area (Å²) in [6.45, 7) is 6.49. The number of carbonyl (C=O) groups excluding carboxylic acids is 1. The Morgan fingerprint density at radius 2 is 2.00 bits per heavy atom. The zero-order chi connectivity index (χ0) is 21.5. The van der Waals surface area contributed by atoms with Crippen LogP contribution < -0.4 is 19.5 Å². The number of aliphatic imine (C=N–C) groups is 1. The molecule has 0 aromatic heterocycles. The van der Waals surface area contributed by atoms with Crippen molar-refractivity contribution < 1.29 is 19.0 Å². The van der Waals surface area contributed by atoms with Gasteiger partial charge < -0.3 is 19.5 Å². The number of amides is 1. The minimum Gasteiger partial charge on any atom is -0.497 e. The molecule has 0 radical (unpaired) electrons. The summed E-state index contributed by atoms with van der Waals surface area (Å²) < 4.78 is 17.5. The number of rotatable bonds is 8. The van der Waals surface area contributed by atoms with Crippen LogP contribution in [0.3, 0.4) is 0 Å². The first-order valence-corrected chi connectivity index (χ1v) is 11.1. The topological polar surface area (TPSA) is 69.2 Å². The van der Waals surface area contributed by atoms with Crippen LogP contribution in [0.2, 0.25) is 0 Å². The van der Waals surface area contributed by atoms with Crippen molar-refractivity contribution in [2.24, 2.45) is 4.99 Å². The molecule has 1 aliphatic rings. The standard InChI is InChI=1S/C22H21IN2O4S/c1-4-10-29-20-17(23)11-14(12-18(20)28-5-2)13-19-21(26)25-22(30-19)24-15-6-8-16(27-3)9-7-15/h4,6-9,11-13H,1,5,10H2,2-3H3,(H,24,25,26)/b19-13+. The van der Waals surface area contributed by atoms with E-state index in [9.17, 15) is 4.79 Å². The molecule has 1 amide bonds. The molecule has 6 nitrogen and oxygen atoms in total. The van der Waals surface area contributed by atoms with Crippen LogP contribution in [0.25, 0.3) is 6.08 Å². The van der Waals surface area contributed by atoms with E-state index in [1.807, 2.05) is 49.4 Å². The second-order valence-electron chi connectivity index (χ2n) is 6.04. The minimum absolute atomic E-state index is 0.188. The lowest BCUT2D eigenvalue weighted by atomic mass is 10.2. The van der Waals surface area contributed by atoms with Gasteiger partial charge in [0.1, 0.15) is 12.4 Å². The van der Waals surface area contributed by atoms with Gasteiger partial charge in [-0.2, -0.15) is 0 Å². The molecule has 1 N–H and O–H groups in total. The van der Waals surface area contributed by atoms with Gasteiger partial charge in [0.05, 0.1) is 27.9 Å². The third-order valence-electron chi connectivity index (χ3n) is 3.93. The first-order chi connectivity index (χ1) is 14.5. The maximum atomic E-state index is 12.4. The van der Waals surface area contributed by atoms with Crippen LogP contribution in [0.4, 0.5) is 5.69 Å². The number of methoxy groups -OCH3 is 1. The van der Waals surface area contributed by atoms with Crippen molar-refractivity contribution in [2.75, 3.05) is 20.3 Å². The molecule has 30 heavy (non-hydrogen) atoms. The van der Waals surface area contributed by atoms with Gasteiger partial charge in [0.15, 0.2) is 16.7 Å². The van der Waals surface area contributed by atoms with E-state index in [0.717, 1.165) is 20.6 Å². The molecule has 1 heterocycles. The Labute approximate surface area is 193 Å². The van der Waals surface area contributed by atoms with E-state index in [2.05, 4.69) is 39.5 Å². The highest BCUT2D eigenvalue weighted by atomic mass is 127. The number of amidine groups is 1. The second-order valence-corrected chi connectivity index (χ2v) is 8.24. The normalized spacial score (nSPS) is 15.9. The van der Waals surface area contributed by atoms with Crippen molar-refractivity contribution in [1.82, 2.24) is 5.32 Å². The Balaban J connectivity index is 1.84. The molecule has 1 aliphatic heterocycles. The average molecular weight is 536 g/mol. The molecule has 0 saturated carbocycles. The Morgan fingerprint density at radius 1 is 1.23 bits per heavy atom. The summed E-state index contributed by atoms with van der Waals surface area (Å²) in [5.74, 6) is 1.87. The summed E-state index contributed by atoms with van der Waals surface area (Å²) in [4.78, 5) is 17.5. The number of benzene rings is 2. The number of carbonyl (C=O) groups is 1. The van der Waals surface area contributed by atoms with E-state index in [1.54, 1.807) is 13.2 Å². The fourth-order valence-electron chi connectivity index (χ4n) is 2.62. The summed E-state index contributed by atoms with van der Waals surface area (Å²) in [6, 6.07) is 11.1. The highest BCUT2D eigenvalue weighted by Crippen LogP contribution is 2.36. The molecule has 156 valence electrons. The van der Waals surface area contributed by atoms with Crippen LogP contribution in [-0.2, 0) is 4.79 Å². The van der Waals surface area contributed by atoms with Crippen LogP contribution in [0, 0.1) is 3.57 Å². The predicted octanol–water partition coefficient (Wildman–Crippen LogP) is 5.15. The molecule has 8 heteroatoms. The predicted molar refractivity (Wildman–Crippen MR) is 130 cm³/mol. The van der Waals surface area contributed by atoms with Crippen LogP contribution in [0.15, 0.2) is 59.0 Å². The highest BCUT2D eigenvalue weighted by molar-refractivity contribution is 14.1. The molecule has 0 atom stereocenters. The van der Waals surface area contributed by atoms with Gasteiger partial charge in [0, 0.05) is 0 Å². The third kappa shape index (κ3) is 5.57. The van der Waals surface area contributed by atoms with Gasteiger partial charge in [-0.1, -0.05) is 12.7 Å². The maximum absolute atomic E-state index is 12.4.